The topological polar surface area (TPSA) is 95.9 Å². The van der Waals surface area contributed by atoms with Crippen molar-refractivity contribution in [2.45, 2.75) is 84.3 Å². The number of carbonyl (C=O) groups is 3. The van der Waals surface area contributed by atoms with Gasteiger partial charge in [-0.25, -0.2) is 4.39 Å². The quantitative estimate of drug-likeness (QED) is 0.0745. The maximum Gasteiger partial charge on any atom is 0.308 e. The van der Waals surface area contributed by atoms with Gasteiger partial charge in [0, 0.05) is 30.1 Å². The predicted molar refractivity (Wildman–Crippen MR) is 207 cm³/mol. The molecule has 1 atom stereocenters. The van der Waals surface area contributed by atoms with Crippen molar-refractivity contribution in [1.29, 1.82) is 0 Å². The van der Waals surface area contributed by atoms with Gasteiger partial charge < -0.3 is 23.8 Å². The van der Waals surface area contributed by atoms with E-state index in [1.807, 2.05) is 73.0 Å². The molecule has 276 valence electrons. The molecule has 0 aliphatic rings. The minimum absolute atomic E-state index is 0.0359. The Morgan fingerprint density at radius 1 is 0.885 bits per heavy atom. The smallest absolute Gasteiger partial charge is 0.308 e. The van der Waals surface area contributed by atoms with Crippen LogP contribution in [0.15, 0.2) is 84.9 Å². The lowest BCUT2D eigenvalue weighted by atomic mass is 9.94. The Labute approximate surface area is 308 Å². The van der Waals surface area contributed by atoms with Gasteiger partial charge in [0.25, 0.3) is 5.91 Å². The number of aromatic nitrogens is 1. The number of amides is 1. The maximum absolute atomic E-state index is 14.4. The zero-order valence-electron chi connectivity index (χ0n) is 31.7. The van der Waals surface area contributed by atoms with Crippen molar-refractivity contribution in [1.82, 2.24) is 9.88 Å². The lowest BCUT2D eigenvalue weighted by Gasteiger charge is -2.39. The molecule has 10 heteroatoms. The largest absolute Gasteiger partial charge is 0.497 e. The first-order chi connectivity index (χ1) is 24.6. The zero-order valence-corrected chi connectivity index (χ0v) is 32.7. The van der Waals surface area contributed by atoms with Crippen LogP contribution in [-0.2, 0) is 25.3 Å². The van der Waals surface area contributed by atoms with Crippen molar-refractivity contribution in [3.05, 3.63) is 108 Å². The van der Waals surface area contributed by atoms with Gasteiger partial charge in [-0.15, -0.1) is 0 Å². The van der Waals surface area contributed by atoms with Gasteiger partial charge in [-0.2, -0.15) is 0 Å². The summed E-state index contributed by atoms with van der Waals surface area (Å²) in [5.74, 6) is -0.730. The van der Waals surface area contributed by atoms with Crippen LogP contribution in [0.5, 0.6) is 5.75 Å². The summed E-state index contributed by atoms with van der Waals surface area (Å²) in [7, 11) is 0.567. The molecule has 52 heavy (non-hydrogen) atoms. The van der Waals surface area contributed by atoms with Gasteiger partial charge in [-0.1, -0.05) is 75.4 Å². The van der Waals surface area contributed by atoms with Crippen molar-refractivity contribution in [2.75, 3.05) is 14.2 Å². The Morgan fingerprint density at radius 3 is 2.13 bits per heavy atom. The fourth-order valence-electron chi connectivity index (χ4n) is 5.86. The number of halogens is 1. The molecule has 0 aliphatic heterocycles. The summed E-state index contributed by atoms with van der Waals surface area (Å²) in [5.41, 5.74) is 4.67. The van der Waals surface area contributed by atoms with Gasteiger partial charge in [0.05, 0.1) is 32.4 Å². The number of hydrogen-bond acceptors (Lipinski definition) is 6. The fourth-order valence-corrected chi connectivity index (χ4v) is 7.21. The number of ketones is 1. The highest BCUT2D eigenvalue weighted by Gasteiger charge is 2.40. The minimum Gasteiger partial charge on any atom is -0.497 e. The third-order valence-corrected chi connectivity index (χ3v) is 14.0. The second-order valence-electron chi connectivity index (χ2n) is 14.6. The molecule has 0 spiro atoms. The van der Waals surface area contributed by atoms with Crippen molar-refractivity contribution < 1.29 is 32.7 Å². The predicted octanol–water partition coefficient (Wildman–Crippen LogP) is 9.41. The van der Waals surface area contributed by atoms with Gasteiger partial charge in [-0.3, -0.25) is 14.4 Å². The number of rotatable bonds is 15. The lowest BCUT2D eigenvalue weighted by Crippen LogP contribution is -2.44. The highest BCUT2D eigenvalue weighted by Crippen LogP contribution is 2.43. The van der Waals surface area contributed by atoms with Crippen LogP contribution in [0.25, 0.3) is 28.3 Å². The first-order valence-corrected chi connectivity index (χ1v) is 20.4. The third kappa shape index (κ3) is 9.74. The van der Waals surface area contributed by atoms with Gasteiger partial charge in [0.2, 0.25) is 0 Å². The number of benzene rings is 3. The van der Waals surface area contributed by atoms with E-state index in [1.54, 1.807) is 25.3 Å². The Balaban J connectivity index is 1.87. The second-order valence-corrected chi connectivity index (χ2v) is 19.4. The van der Waals surface area contributed by atoms with E-state index in [9.17, 15) is 18.8 Å². The van der Waals surface area contributed by atoms with Crippen LogP contribution in [0, 0.1) is 5.82 Å². The van der Waals surface area contributed by atoms with Crippen LogP contribution in [0.1, 0.15) is 75.2 Å². The van der Waals surface area contributed by atoms with Crippen LogP contribution in [0.4, 0.5) is 4.39 Å². The molecule has 1 heterocycles. The summed E-state index contributed by atoms with van der Waals surface area (Å²) < 4.78 is 33.1. The molecule has 0 radical (unpaired) electrons. The molecule has 1 N–H and O–H groups in total. The van der Waals surface area contributed by atoms with Crippen LogP contribution in [-0.4, -0.2) is 50.9 Å². The highest BCUT2D eigenvalue weighted by atomic mass is 28.4. The van der Waals surface area contributed by atoms with Crippen LogP contribution in [0.2, 0.25) is 18.1 Å². The standard InChI is InChI=1S/C42H51FN2O6Si/c1-28(2)45-36(23-22-33(46)25-35(26-37(47)50-7)51-52(8,9)42(3,4)5)38(31-18-20-32(43)21-19-31)39(30-15-11-10-12-16-30)40(45)41(48)44-27-29-14-13-17-34(24-29)49-6/h10-24,28,35H,25-27H2,1-9H3,(H,44,48)/t35-/m1/s1. The fraction of sp³-hybridized carbons (Fsp3) is 0.357. The van der Waals surface area contributed by atoms with Crippen LogP contribution >= 0.6 is 0 Å². The van der Waals surface area contributed by atoms with Gasteiger partial charge in [0.15, 0.2) is 14.1 Å². The molecule has 0 unspecified atom stereocenters. The Bertz CT molecular complexity index is 1890. The normalized spacial score (nSPS) is 12.6. The Morgan fingerprint density at radius 2 is 1.54 bits per heavy atom. The summed E-state index contributed by atoms with van der Waals surface area (Å²) >= 11 is 0. The van der Waals surface area contributed by atoms with E-state index in [0.717, 1.165) is 11.1 Å². The van der Waals surface area contributed by atoms with Gasteiger partial charge in [-0.05, 0) is 85.1 Å². The molecule has 8 nitrogen and oxygen atoms in total. The van der Waals surface area contributed by atoms with E-state index in [0.29, 0.717) is 33.8 Å². The molecule has 0 fully saturated rings. The number of nitrogens with one attached hydrogen (secondary N) is 1. The van der Waals surface area contributed by atoms with E-state index in [1.165, 1.54) is 25.3 Å². The van der Waals surface area contributed by atoms with Gasteiger partial charge >= 0.3 is 5.97 Å². The first-order valence-electron chi connectivity index (χ1n) is 17.5. The molecule has 0 saturated carbocycles. The molecule has 1 amide bonds. The molecule has 0 saturated heterocycles. The van der Waals surface area contributed by atoms with Crippen molar-refractivity contribution >= 4 is 32.1 Å². The van der Waals surface area contributed by atoms with E-state index in [2.05, 4.69) is 39.2 Å². The molecule has 0 aliphatic carbocycles. The molecule has 4 rings (SSSR count). The summed E-state index contributed by atoms with van der Waals surface area (Å²) in [6, 6.07) is 22.9. The number of nitrogens with zero attached hydrogens (tertiary/aromatic N) is 1. The molecule has 4 aromatic rings. The lowest BCUT2D eigenvalue weighted by molar-refractivity contribution is -0.142. The third-order valence-electron chi connectivity index (χ3n) is 9.50. The van der Waals surface area contributed by atoms with E-state index in [4.69, 9.17) is 13.9 Å². The monoisotopic (exact) mass is 726 g/mol. The number of carbonyl (C=O) groups excluding carboxylic acids is 3. The summed E-state index contributed by atoms with van der Waals surface area (Å²) in [6.45, 7) is 14.6. The summed E-state index contributed by atoms with van der Waals surface area (Å²) in [4.78, 5) is 40.6. The SMILES string of the molecule is COC(=O)C[C@@H](CC(=O)C=Cc1c(-c2ccc(F)cc2)c(-c2ccccc2)c(C(=O)NCc2cccc(OC)c2)n1C(C)C)O[Si](C)(C)C(C)(C)C. The number of methoxy groups -OCH3 is 2. The zero-order chi connectivity index (χ0) is 38.2. The van der Waals surface area contributed by atoms with Crippen molar-refractivity contribution in [3.8, 4) is 28.0 Å². The molecule has 3 aromatic carbocycles. The second kappa shape index (κ2) is 17.1. The van der Waals surface area contributed by atoms with Crippen molar-refractivity contribution in [2.24, 2.45) is 0 Å². The first kappa shape index (κ1) is 40.0. The van der Waals surface area contributed by atoms with Crippen molar-refractivity contribution in [3.63, 3.8) is 0 Å². The average molecular weight is 727 g/mol. The number of ether oxygens (including phenoxy) is 2. The average Bonchev–Trinajstić information content (AvgIpc) is 3.45. The van der Waals surface area contributed by atoms with Crippen LogP contribution in [0.3, 0.4) is 0 Å². The maximum atomic E-state index is 14.4. The molecule has 0 bridgehead atoms. The Hall–Kier alpha value is -4.80. The van der Waals surface area contributed by atoms with E-state index in [-0.39, 0.29) is 42.2 Å². The molecule has 1 aromatic heterocycles. The summed E-state index contributed by atoms with van der Waals surface area (Å²) in [6.07, 6.45) is 2.44. The number of allylic oxidation sites excluding steroid dienone is 1. The van der Waals surface area contributed by atoms with E-state index < -0.39 is 26.2 Å². The summed E-state index contributed by atoms with van der Waals surface area (Å²) in [5, 5.41) is 2.96. The van der Waals surface area contributed by atoms with Crippen LogP contribution < -0.4 is 10.1 Å². The molecular weight excluding hydrogens is 676 g/mol. The molecular formula is C42H51FN2O6Si. The highest BCUT2D eigenvalue weighted by molar-refractivity contribution is 6.74. The number of hydrogen-bond donors (Lipinski definition) is 1. The van der Waals surface area contributed by atoms with E-state index >= 15 is 0 Å². The Kier molecular flexibility index (Phi) is 13.2. The minimum atomic E-state index is -2.35. The number of esters is 1. The van der Waals surface area contributed by atoms with Gasteiger partial charge in [0.1, 0.15) is 17.3 Å².